The van der Waals surface area contributed by atoms with Gasteiger partial charge >= 0.3 is 11.9 Å². The highest BCUT2D eigenvalue weighted by atomic mass is 35.5. The van der Waals surface area contributed by atoms with E-state index in [-0.39, 0.29) is 17.2 Å². The van der Waals surface area contributed by atoms with Gasteiger partial charge in [-0.05, 0) is 31.4 Å². The van der Waals surface area contributed by atoms with E-state index < -0.39 is 11.9 Å². The lowest BCUT2D eigenvalue weighted by atomic mass is 10.0. The third kappa shape index (κ3) is 4.33. The zero-order valence-electron chi connectivity index (χ0n) is 13.2. The summed E-state index contributed by atoms with van der Waals surface area (Å²) in [7, 11) is 0. The molecule has 0 aliphatic carbocycles. The SMILES string of the molecule is CCOC(=O)C#CC(F)(F)c1ccc(-c2ccc(C)cc2)c(Cl)c1. The number of hydrogen-bond donors (Lipinski definition) is 0. The molecule has 124 valence electrons. The van der Waals surface area contributed by atoms with E-state index in [1.54, 1.807) is 18.8 Å². The minimum Gasteiger partial charge on any atom is -0.456 e. The lowest BCUT2D eigenvalue weighted by Gasteiger charge is -2.12. The number of esters is 1. The molecule has 24 heavy (non-hydrogen) atoms. The van der Waals surface area contributed by atoms with E-state index in [1.165, 1.54) is 12.1 Å². The van der Waals surface area contributed by atoms with Crippen LogP contribution in [-0.4, -0.2) is 12.6 Å². The van der Waals surface area contributed by atoms with E-state index in [1.807, 2.05) is 31.2 Å². The van der Waals surface area contributed by atoms with Gasteiger partial charge in [-0.2, -0.15) is 8.78 Å². The van der Waals surface area contributed by atoms with Gasteiger partial charge in [0.15, 0.2) is 0 Å². The largest absolute Gasteiger partial charge is 0.456 e. The van der Waals surface area contributed by atoms with Crippen molar-refractivity contribution in [2.45, 2.75) is 19.8 Å². The highest BCUT2D eigenvalue weighted by molar-refractivity contribution is 6.33. The molecule has 0 aliphatic rings. The summed E-state index contributed by atoms with van der Waals surface area (Å²) in [5.74, 6) is -1.06. The number of hydrogen-bond acceptors (Lipinski definition) is 2. The highest BCUT2D eigenvalue weighted by Crippen LogP contribution is 2.34. The van der Waals surface area contributed by atoms with Crippen LogP contribution in [0.3, 0.4) is 0 Å². The van der Waals surface area contributed by atoms with Gasteiger partial charge in [-0.3, -0.25) is 0 Å². The van der Waals surface area contributed by atoms with Gasteiger partial charge in [0.05, 0.1) is 6.61 Å². The fraction of sp³-hybridized carbons (Fsp3) is 0.211. The first-order chi connectivity index (χ1) is 11.3. The Kier molecular flexibility index (Phi) is 5.58. The van der Waals surface area contributed by atoms with Crippen molar-refractivity contribution in [3.63, 3.8) is 0 Å². The van der Waals surface area contributed by atoms with Crippen LogP contribution in [0.1, 0.15) is 18.1 Å². The molecular weight excluding hydrogens is 334 g/mol. The standard InChI is InChI=1S/C19H15ClF2O2/c1-3-24-18(23)10-11-19(21,22)15-8-9-16(17(20)12-15)14-6-4-13(2)5-7-14/h4-9,12H,3H2,1-2H3. The Balaban J connectivity index is 2.31. The van der Waals surface area contributed by atoms with E-state index >= 15 is 0 Å². The molecule has 0 heterocycles. The summed E-state index contributed by atoms with van der Waals surface area (Å²) < 4.78 is 32.7. The second-order valence-electron chi connectivity index (χ2n) is 5.11. The number of benzene rings is 2. The number of halogens is 3. The van der Waals surface area contributed by atoms with Crippen LogP contribution in [0.15, 0.2) is 42.5 Å². The number of ether oxygens (including phenoxy) is 1. The summed E-state index contributed by atoms with van der Waals surface area (Å²) >= 11 is 6.15. The Morgan fingerprint density at radius 1 is 1.21 bits per heavy atom. The quantitative estimate of drug-likeness (QED) is 0.444. The molecule has 0 saturated heterocycles. The monoisotopic (exact) mass is 348 g/mol. The summed E-state index contributed by atoms with van der Waals surface area (Å²) in [6.45, 7) is 3.61. The molecule has 0 aromatic heterocycles. The molecule has 0 aliphatic heterocycles. The van der Waals surface area contributed by atoms with E-state index in [2.05, 4.69) is 4.74 Å². The van der Waals surface area contributed by atoms with Crippen molar-refractivity contribution in [3.05, 3.63) is 58.6 Å². The minimum absolute atomic E-state index is 0.0795. The van der Waals surface area contributed by atoms with Crippen LogP contribution in [0.25, 0.3) is 11.1 Å². The van der Waals surface area contributed by atoms with Crippen LogP contribution in [-0.2, 0) is 15.5 Å². The third-order valence-electron chi connectivity index (χ3n) is 3.29. The molecule has 0 N–H and O–H groups in total. The van der Waals surface area contributed by atoms with Crippen LogP contribution in [0.5, 0.6) is 0 Å². The maximum absolute atomic E-state index is 14.1. The van der Waals surface area contributed by atoms with Crippen molar-refractivity contribution in [2.75, 3.05) is 6.61 Å². The van der Waals surface area contributed by atoms with E-state index in [9.17, 15) is 13.6 Å². The van der Waals surface area contributed by atoms with Gasteiger partial charge in [0.25, 0.3) is 0 Å². The molecule has 0 atom stereocenters. The number of aryl methyl sites for hydroxylation is 1. The van der Waals surface area contributed by atoms with Crippen LogP contribution in [0.2, 0.25) is 5.02 Å². The number of alkyl halides is 2. The fourth-order valence-corrected chi connectivity index (χ4v) is 2.34. The molecule has 0 unspecified atom stereocenters. The number of carbonyl (C=O) groups is 1. The van der Waals surface area contributed by atoms with Gasteiger partial charge in [0, 0.05) is 22.1 Å². The average molecular weight is 349 g/mol. The summed E-state index contributed by atoms with van der Waals surface area (Å²) in [6, 6.07) is 11.5. The normalized spacial score (nSPS) is 10.7. The minimum atomic E-state index is -3.50. The van der Waals surface area contributed by atoms with Crippen molar-refractivity contribution < 1.29 is 18.3 Å². The van der Waals surface area contributed by atoms with E-state index in [0.29, 0.717) is 5.56 Å². The molecule has 5 heteroatoms. The van der Waals surface area contributed by atoms with Gasteiger partial charge in [-0.1, -0.05) is 53.6 Å². The number of rotatable bonds is 3. The zero-order chi connectivity index (χ0) is 17.7. The van der Waals surface area contributed by atoms with Crippen LogP contribution in [0, 0.1) is 18.8 Å². The Bertz CT molecular complexity index is 802. The smallest absolute Gasteiger partial charge is 0.384 e. The topological polar surface area (TPSA) is 26.3 Å². The molecule has 0 amide bonds. The molecule has 0 fully saturated rings. The number of carbonyl (C=O) groups excluding carboxylic acids is 1. The first kappa shape index (κ1) is 18.0. The maximum Gasteiger partial charge on any atom is 0.384 e. The Labute approximate surface area is 144 Å². The summed E-state index contributed by atoms with van der Waals surface area (Å²) in [5.41, 5.74) is 2.19. The van der Waals surface area contributed by atoms with Crippen molar-refractivity contribution in [1.82, 2.24) is 0 Å². The zero-order valence-corrected chi connectivity index (χ0v) is 14.0. The maximum atomic E-state index is 14.1. The van der Waals surface area contributed by atoms with Crippen molar-refractivity contribution in [2.24, 2.45) is 0 Å². The van der Waals surface area contributed by atoms with Crippen LogP contribution < -0.4 is 0 Å². The van der Waals surface area contributed by atoms with E-state index in [4.69, 9.17) is 11.6 Å². The predicted octanol–water partition coefficient (Wildman–Crippen LogP) is 4.97. The molecule has 2 rings (SSSR count). The van der Waals surface area contributed by atoms with Gasteiger partial charge in [-0.15, -0.1) is 0 Å². The van der Waals surface area contributed by atoms with Crippen molar-refractivity contribution >= 4 is 17.6 Å². The molecule has 2 aromatic rings. The van der Waals surface area contributed by atoms with Crippen LogP contribution >= 0.6 is 11.6 Å². The molecule has 0 bridgehead atoms. The Hall–Kier alpha value is -2.38. The first-order valence-corrected chi connectivity index (χ1v) is 7.66. The Morgan fingerprint density at radius 3 is 2.46 bits per heavy atom. The molecular formula is C19H15ClF2O2. The Morgan fingerprint density at radius 2 is 1.88 bits per heavy atom. The van der Waals surface area contributed by atoms with Gasteiger partial charge < -0.3 is 4.74 Å². The van der Waals surface area contributed by atoms with Gasteiger partial charge in [-0.25, -0.2) is 4.79 Å². The summed E-state index contributed by atoms with van der Waals surface area (Å²) in [6.07, 6.45) is 0. The van der Waals surface area contributed by atoms with Gasteiger partial charge in [0.1, 0.15) is 0 Å². The summed E-state index contributed by atoms with van der Waals surface area (Å²) in [5, 5.41) is 0.189. The first-order valence-electron chi connectivity index (χ1n) is 7.28. The lowest BCUT2D eigenvalue weighted by Crippen LogP contribution is -2.11. The van der Waals surface area contributed by atoms with E-state index in [0.717, 1.165) is 17.2 Å². The molecule has 0 spiro atoms. The average Bonchev–Trinajstić information content (AvgIpc) is 2.54. The predicted molar refractivity (Wildman–Crippen MR) is 89.9 cm³/mol. The second kappa shape index (κ2) is 7.46. The second-order valence-corrected chi connectivity index (χ2v) is 5.51. The van der Waals surface area contributed by atoms with Crippen molar-refractivity contribution in [3.8, 4) is 23.0 Å². The lowest BCUT2D eigenvalue weighted by molar-refractivity contribution is -0.136. The van der Waals surface area contributed by atoms with Crippen LogP contribution in [0.4, 0.5) is 8.78 Å². The molecule has 2 aromatic carbocycles. The van der Waals surface area contributed by atoms with Gasteiger partial charge in [0.2, 0.25) is 0 Å². The molecule has 2 nitrogen and oxygen atoms in total. The molecule has 0 radical (unpaired) electrons. The third-order valence-corrected chi connectivity index (χ3v) is 3.60. The highest BCUT2D eigenvalue weighted by Gasteiger charge is 2.30. The molecule has 0 saturated carbocycles. The summed E-state index contributed by atoms with van der Waals surface area (Å²) in [4.78, 5) is 11.1. The fourth-order valence-electron chi connectivity index (χ4n) is 2.05. The van der Waals surface area contributed by atoms with Crippen molar-refractivity contribution in [1.29, 1.82) is 0 Å².